The molecule has 1 rings (SSSR count). The second-order valence-electron chi connectivity index (χ2n) is 4.07. The molecule has 1 unspecified atom stereocenters. The molecule has 88 valence electrons. The highest BCUT2D eigenvalue weighted by Gasteiger charge is 2.20. The van der Waals surface area contributed by atoms with Crippen LogP contribution in [0.1, 0.15) is 19.4 Å². The first-order valence-electron chi connectivity index (χ1n) is 5.06. The van der Waals surface area contributed by atoms with Gasteiger partial charge < -0.3 is 5.11 Å². The Kier molecular flexibility index (Phi) is 4.44. The van der Waals surface area contributed by atoms with Crippen molar-refractivity contribution >= 4 is 17.4 Å². The van der Waals surface area contributed by atoms with E-state index in [2.05, 4.69) is 0 Å². The van der Waals surface area contributed by atoms with Crippen LogP contribution in [-0.2, 0) is 11.2 Å². The quantitative estimate of drug-likeness (QED) is 0.884. The van der Waals surface area contributed by atoms with Crippen molar-refractivity contribution in [3.05, 3.63) is 34.6 Å². The molecule has 0 saturated heterocycles. The van der Waals surface area contributed by atoms with Crippen molar-refractivity contribution in [3.63, 3.8) is 0 Å². The minimum atomic E-state index is -1.03. The summed E-state index contributed by atoms with van der Waals surface area (Å²) in [5.74, 6) is -0.937. The summed E-state index contributed by atoms with van der Waals surface area (Å²) in [7, 11) is 0. The van der Waals surface area contributed by atoms with Crippen molar-refractivity contribution in [2.45, 2.75) is 26.4 Å². The lowest BCUT2D eigenvalue weighted by Gasteiger charge is -2.13. The third-order valence-electron chi connectivity index (χ3n) is 2.33. The maximum Gasteiger partial charge on any atom is 0.165 e. The fourth-order valence-corrected chi connectivity index (χ4v) is 1.53. The number of carbonyl (C=O) groups excluding carboxylic acids is 1. The van der Waals surface area contributed by atoms with E-state index in [0.717, 1.165) is 0 Å². The van der Waals surface area contributed by atoms with E-state index in [1.54, 1.807) is 13.8 Å². The van der Waals surface area contributed by atoms with E-state index in [4.69, 9.17) is 11.6 Å². The number of aliphatic hydroxyl groups is 1. The number of benzene rings is 1. The molecule has 1 atom stereocenters. The van der Waals surface area contributed by atoms with Crippen LogP contribution in [0.25, 0.3) is 0 Å². The summed E-state index contributed by atoms with van der Waals surface area (Å²) in [4.78, 5) is 11.6. The molecule has 0 heterocycles. The van der Waals surface area contributed by atoms with Gasteiger partial charge in [0.15, 0.2) is 5.78 Å². The number of carbonyl (C=O) groups is 1. The van der Waals surface area contributed by atoms with Crippen LogP contribution in [0, 0.1) is 11.7 Å². The van der Waals surface area contributed by atoms with Crippen molar-refractivity contribution in [3.8, 4) is 0 Å². The smallest absolute Gasteiger partial charge is 0.165 e. The Balaban J connectivity index is 2.80. The van der Waals surface area contributed by atoms with E-state index >= 15 is 0 Å². The second-order valence-corrected chi connectivity index (χ2v) is 4.47. The Hall–Kier alpha value is -0.930. The number of rotatable bonds is 4. The first-order chi connectivity index (χ1) is 7.41. The molecular weight excluding hydrogens is 231 g/mol. The van der Waals surface area contributed by atoms with Gasteiger partial charge in [-0.2, -0.15) is 0 Å². The van der Waals surface area contributed by atoms with Gasteiger partial charge in [-0.1, -0.05) is 25.4 Å². The van der Waals surface area contributed by atoms with Gasteiger partial charge in [0.05, 0.1) is 0 Å². The number of hydrogen-bond donors (Lipinski definition) is 1. The molecule has 0 saturated carbocycles. The van der Waals surface area contributed by atoms with Crippen LogP contribution in [0.15, 0.2) is 18.2 Å². The molecule has 0 spiro atoms. The SMILES string of the molecule is CC(C)C(O)C(=O)Cc1cc(F)ccc1Cl. The van der Waals surface area contributed by atoms with Gasteiger partial charge in [0.1, 0.15) is 11.9 Å². The molecule has 16 heavy (non-hydrogen) atoms. The van der Waals surface area contributed by atoms with E-state index in [1.807, 2.05) is 0 Å². The molecule has 0 aliphatic rings. The van der Waals surface area contributed by atoms with Crippen LogP contribution in [-0.4, -0.2) is 17.0 Å². The zero-order valence-electron chi connectivity index (χ0n) is 9.21. The minimum Gasteiger partial charge on any atom is -0.385 e. The Morgan fingerprint density at radius 2 is 2.12 bits per heavy atom. The lowest BCUT2D eigenvalue weighted by molar-refractivity contribution is -0.128. The normalized spacial score (nSPS) is 12.9. The van der Waals surface area contributed by atoms with Gasteiger partial charge in [0.2, 0.25) is 0 Å². The number of aliphatic hydroxyl groups excluding tert-OH is 1. The maximum absolute atomic E-state index is 12.9. The van der Waals surface area contributed by atoms with Crippen LogP contribution in [0.5, 0.6) is 0 Å². The third kappa shape index (κ3) is 3.29. The Bertz CT molecular complexity index is 391. The van der Waals surface area contributed by atoms with Crippen LogP contribution >= 0.6 is 11.6 Å². The molecular formula is C12H14ClFO2. The lowest BCUT2D eigenvalue weighted by atomic mass is 9.98. The summed E-state index contributed by atoms with van der Waals surface area (Å²) < 4.78 is 12.9. The molecule has 0 aliphatic carbocycles. The Morgan fingerprint density at radius 1 is 1.50 bits per heavy atom. The molecule has 1 N–H and O–H groups in total. The highest BCUT2D eigenvalue weighted by molar-refractivity contribution is 6.31. The summed E-state index contributed by atoms with van der Waals surface area (Å²) >= 11 is 5.82. The van der Waals surface area contributed by atoms with Gasteiger partial charge >= 0.3 is 0 Å². The average Bonchev–Trinajstić information content (AvgIpc) is 2.22. The van der Waals surface area contributed by atoms with E-state index in [1.165, 1.54) is 18.2 Å². The zero-order chi connectivity index (χ0) is 12.3. The maximum atomic E-state index is 12.9. The molecule has 2 nitrogen and oxygen atoms in total. The van der Waals surface area contributed by atoms with Gasteiger partial charge in [-0.05, 0) is 29.7 Å². The van der Waals surface area contributed by atoms with E-state index in [9.17, 15) is 14.3 Å². The number of ketones is 1. The molecule has 0 aromatic heterocycles. The summed E-state index contributed by atoms with van der Waals surface area (Å²) in [6.45, 7) is 3.49. The standard InChI is InChI=1S/C12H14ClFO2/c1-7(2)12(16)11(15)6-8-5-9(14)3-4-10(8)13/h3-5,7,12,16H,6H2,1-2H3. The molecule has 0 amide bonds. The van der Waals surface area contributed by atoms with Gasteiger partial charge in [0, 0.05) is 11.4 Å². The molecule has 1 aromatic rings. The summed E-state index contributed by atoms with van der Waals surface area (Å²) in [6, 6.07) is 3.85. The average molecular weight is 245 g/mol. The first kappa shape index (κ1) is 13.1. The predicted molar refractivity (Wildman–Crippen MR) is 61.0 cm³/mol. The lowest BCUT2D eigenvalue weighted by Crippen LogP contribution is -2.27. The minimum absolute atomic E-state index is 0.0457. The number of hydrogen-bond acceptors (Lipinski definition) is 2. The summed E-state index contributed by atoms with van der Waals surface area (Å²) in [5.41, 5.74) is 0.409. The topological polar surface area (TPSA) is 37.3 Å². The first-order valence-corrected chi connectivity index (χ1v) is 5.44. The van der Waals surface area contributed by atoms with Gasteiger partial charge in [-0.25, -0.2) is 4.39 Å². The van der Waals surface area contributed by atoms with Crippen molar-refractivity contribution in [2.75, 3.05) is 0 Å². The zero-order valence-corrected chi connectivity index (χ0v) is 9.96. The number of Topliss-reactive ketones (excluding diaryl/α,β-unsaturated/α-hetero) is 1. The predicted octanol–water partition coefficient (Wildman–Crippen LogP) is 2.61. The van der Waals surface area contributed by atoms with Gasteiger partial charge in [-0.15, -0.1) is 0 Å². The van der Waals surface area contributed by atoms with Crippen molar-refractivity contribution in [2.24, 2.45) is 5.92 Å². The van der Waals surface area contributed by atoms with Crippen molar-refractivity contribution < 1.29 is 14.3 Å². The molecule has 0 bridgehead atoms. The van der Waals surface area contributed by atoms with E-state index < -0.39 is 11.9 Å². The number of halogens is 2. The van der Waals surface area contributed by atoms with E-state index in [-0.39, 0.29) is 18.1 Å². The van der Waals surface area contributed by atoms with Crippen LogP contribution < -0.4 is 0 Å². The molecule has 1 aromatic carbocycles. The van der Waals surface area contributed by atoms with E-state index in [0.29, 0.717) is 10.6 Å². The third-order valence-corrected chi connectivity index (χ3v) is 2.70. The van der Waals surface area contributed by atoms with Gasteiger partial charge in [-0.3, -0.25) is 4.79 Å². The monoisotopic (exact) mass is 244 g/mol. The molecule has 0 fully saturated rings. The highest BCUT2D eigenvalue weighted by Crippen LogP contribution is 2.19. The van der Waals surface area contributed by atoms with Gasteiger partial charge in [0.25, 0.3) is 0 Å². The summed E-state index contributed by atoms with van der Waals surface area (Å²) in [5, 5.41) is 9.87. The molecule has 0 radical (unpaired) electrons. The highest BCUT2D eigenvalue weighted by atomic mass is 35.5. The van der Waals surface area contributed by atoms with Crippen LogP contribution in [0.4, 0.5) is 4.39 Å². The summed E-state index contributed by atoms with van der Waals surface area (Å²) in [6.07, 6.45) is -1.07. The van der Waals surface area contributed by atoms with Crippen LogP contribution in [0.3, 0.4) is 0 Å². The Morgan fingerprint density at radius 3 is 2.69 bits per heavy atom. The van der Waals surface area contributed by atoms with Crippen LogP contribution in [0.2, 0.25) is 5.02 Å². The van der Waals surface area contributed by atoms with Crippen molar-refractivity contribution in [1.82, 2.24) is 0 Å². The largest absolute Gasteiger partial charge is 0.385 e. The second kappa shape index (κ2) is 5.41. The fraction of sp³-hybridized carbons (Fsp3) is 0.417. The Labute approximate surface area is 99.0 Å². The molecule has 4 heteroatoms. The fourth-order valence-electron chi connectivity index (χ4n) is 1.34. The molecule has 0 aliphatic heterocycles. The van der Waals surface area contributed by atoms with Crippen molar-refractivity contribution in [1.29, 1.82) is 0 Å².